The Morgan fingerprint density at radius 1 is 0.784 bits per heavy atom. The predicted octanol–water partition coefficient (Wildman–Crippen LogP) is 5.68. The highest BCUT2D eigenvalue weighted by molar-refractivity contribution is 7.99. The fourth-order valence-electron chi connectivity index (χ4n) is 4.40. The van der Waals surface area contributed by atoms with Gasteiger partial charge in [-0.3, -0.25) is 0 Å². The fraction of sp³-hybridized carbons (Fsp3) is 0.143. The van der Waals surface area contributed by atoms with Gasteiger partial charge in [-0.1, -0.05) is 53.4 Å². The molecule has 0 spiro atoms. The van der Waals surface area contributed by atoms with Crippen molar-refractivity contribution < 1.29 is 19.0 Å². The lowest BCUT2D eigenvalue weighted by Gasteiger charge is -2.17. The van der Waals surface area contributed by atoms with Gasteiger partial charge in [-0.05, 0) is 90.3 Å². The highest BCUT2D eigenvalue weighted by Gasteiger charge is 2.41. The SMILES string of the molecule is CSc1ccc(Sc2ccc3c(c2)B(O)OC3OB2OCc3ccc(Sc4ccc(C)cc4)cc32)cc1. The van der Waals surface area contributed by atoms with Crippen molar-refractivity contribution in [2.75, 3.05) is 6.26 Å². The molecule has 1 atom stereocenters. The third-order valence-corrected chi connectivity index (χ3v) is 9.13. The summed E-state index contributed by atoms with van der Waals surface area (Å²) in [6.45, 7) is 2.58. The molecule has 4 aromatic carbocycles. The van der Waals surface area contributed by atoms with Gasteiger partial charge in [0.15, 0.2) is 6.29 Å². The molecule has 6 rings (SSSR count). The Hall–Kier alpha value is -2.10. The first-order valence-corrected chi connectivity index (χ1v) is 14.9. The maximum absolute atomic E-state index is 10.6. The molecule has 9 heteroatoms. The van der Waals surface area contributed by atoms with Crippen LogP contribution in [0.4, 0.5) is 0 Å². The van der Waals surface area contributed by atoms with Crippen LogP contribution < -0.4 is 10.9 Å². The topological polar surface area (TPSA) is 47.9 Å². The van der Waals surface area contributed by atoms with E-state index in [1.54, 1.807) is 35.3 Å². The number of thioether (sulfide) groups is 1. The Morgan fingerprint density at radius 2 is 1.38 bits per heavy atom. The molecule has 0 amide bonds. The van der Waals surface area contributed by atoms with E-state index in [0.29, 0.717) is 6.61 Å². The zero-order valence-electron chi connectivity index (χ0n) is 20.4. The van der Waals surface area contributed by atoms with Crippen molar-refractivity contribution in [3.8, 4) is 0 Å². The molecule has 2 heterocycles. The molecule has 2 aliphatic heterocycles. The van der Waals surface area contributed by atoms with Crippen molar-refractivity contribution >= 4 is 60.4 Å². The molecule has 37 heavy (non-hydrogen) atoms. The maximum atomic E-state index is 10.6. The Balaban J connectivity index is 1.17. The zero-order chi connectivity index (χ0) is 25.4. The van der Waals surface area contributed by atoms with Gasteiger partial charge in [-0.15, -0.1) is 11.8 Å². The van der Waals surface area contributed by atoms with Gasteiger partial charge in [0, 0.05) is 30.0 Å². The molecule has 1 N–H and O–H groups in total. The van der Waals surface area contributed by atoms with Crippen LogP contribution in [0.3, 0.4) is 0 Å². The summed E-state index contributed by atoms with van der Waals surface area (Å²) >= 11 is 5.10. The molecule has 0 aromatic heterocycles. The van der Waals surface area contributed by atoms with E-state index in [9.17, 15) is 5.02 Å². The minimum Gasteiger partial charge on any atom is -0.423 e. The van der Waals surface area contributed by atoms with Crippen molar-refractivity contribution in [1.29, 1.82) is 0 Å². The van der Waals surface area contributed by atoms with Crippen molar-refractivity contribution in [2.45, 2.75) is 44.3 Å². The third kappa shape index (κ3) is 5.54. The van der Waals surface area contributed by atoms with Crippen LogP contribution in [0.1, 0.15) is 23.0 Å². The first-order chi connectivity index (χ1) is 18.1. The van der Waals surface area contributed by atoms with Crippen LogP contribution in [0.25, 0.3) is 0 Å². The summed E-state index contributed by atoms with van der Waals surface area (Å²) in [5, 5.41) is 10.6. The van der Waals surface area contributed by atoms with Crippen molar-refractivity contribution in [2.24, 2.45) is 0 Å². The largest absolute Gasteiger partial charge is 0.496 e. The van der Waals surface area contributed by atoms with Crippen molar-refractivity contribution in [3.63, 3.8) is 0 Å². The normalized spacial score (nSPS) is 16.2. The smallest absolute Gasteiger partial charge is 0.423 e. The lowest BCUT2D eigenvalue weighted by molar-refractivity contribution is -0.0168. The van der Waals surface area contributed by atoms with Crippen LogP contribution in [0.15, 0.2) is 109 Å². The molecule has 0 bridgehead atoms. The summed E-state index contributed by atoms with van der Waals surface area (Å²) < 4.78 is 18.1. The Morgan fingerprint density at radius 3 is 2.08 bits per heavy atom. The predicted molar refractivity (Wildman–Crippen MR) is 153 cm³/mol. The van der Waals surface area contributed by atoms with E-state index in [2.05, 4.69) is 79.9 Å². The molecule has 0 saturated heterocycles. The van der Waals surface area contributed by atoms with Crippen LogP contribution in [0, 0.1) is 6.92 Å². The van der Waals surface area contributed by atoms with Crippen molar-refractivity contribution in [1.82, 2.24) is 0 Å². The average Bonchev–Trinajstić information content (AvgIpc) is 3.46. The van der Waals surface area contributed by atoms with E-state index >= 15 is 0 Å². The number of hydrogen-bond donors (Lipinski definition) is 1. The van der Waals surface area contributed by atoms with Gasteiger partial charge in [0.05, 0.1) is 6.61 Å². The van der Waals surface area contributed by atoms with Gasteiger partial charge in [-0.2, -0.15) is 0 Å². The first-order valence-electron chi connectivity index (χ1n) is 12.0. The van der Waals surface area contributed by atoms with Gasteiger partial charge in [-0.25, -0.2) is 0 Å². The molecule has 0 saturated carbocycles. The van der Waals surface area contributed by atoms with E-state index in [1.165, 1.54) is 15.4 Å². The number of rotatable bonds is 7. The van der Waals surface area contributed by atoms with Crippen LogP contribution in [0.2, 0.25) is 0 Å². The molecule has 4 nitrogen and oxygen atoms in total. The van der Waals surface area contributed by atoms with E-state index in [0.717, 1.165) is 36.7 Å². The quantitative estimate of drug-likeness (QED) is 0.238. The van der Waals surface area contributed by atoms with E-state index in [1.807, 2.05) is 18.2 Å². The summed E-state index contributed by atoms with van der Waals surface area (Å²) in [7, 11) is -1.59. The van der Waals surface area contributed by atoms with Crippen LogP contribution in [0.5, 0.6) is 0 Å². The number of fused-ring (bicyclic) bond motifs is 2. The monoisotopic (exact) mass is 542 g/mol. The van der Waals surface area contributed by atoms with Crippen LogP contribution >= 0.6 is 35.3 Å². The summed E-state index contributed by atoms with van der Waals surface area (Å²) in [4.78, 5) is 5.74. The fourth-order valence-corrected chi connectivity index (χ4v) is 6.54. The number of hydrogen-bond acceptors (Lipinski definition) is 7. The van der Waals surface area contributed by atoms with Gasteiger partial charge in [0.25, 0.3) is 0 Å². The molecular weight excluding hydrogens is 518 g/mol. The summed E-state index contributed by atoms with van der Waals surface area (Å²) in [6.07, 6.45) is 1.37. The standard InChI is InChI=1S/C28H24B2O4S3/c1-18-3-6-21(7-4-18)36-23-8-5-19-17-32-30(26(19)15-23)34-28-25-14-13-24(16-27(25)29(31)33-28)37-22-11-9-20(35-2)10-12-22/h3-16,28,31H,17H2,1-2H3. The van der Waals surface area contributed by atoms with E-state index < -0.39 is 20.5 Å². The van der Waals surface area contributed by atoms with E-state index in [-0.39, 0.29) is 0 Å². The molecule has 0 fully saturated rings. The average molecular weight is 542 g/mol. The summed E-state index contributed by atoms with van der Waals surface area (Å²) in [6, 6.07) is 29.3. The second kappa shape index (κ2) is 10.9. The summed E-state index contributed by atoms with van der Waals surface area (Å²) in [5.41, 5.74) is 4.92. The van der Waals surface area contributed by atoms with Gasteiger partial charge >= 0.3 is 14.2 Å². The highest BCUT2D eigenvalue weighted by Crippen LogP contribution is 2.34. The molecule has 184 valence electrons. The number of aryl methyl sites for hydroxylation is 1. The highest BCUT2D eigenvalue weighted by atomic mass is 32.2. The molecular formula is C28H24B2O4S3. The molecule has 2 aliphatic rings. The van der Waals surface area contributed by atoms with Crippen molar-refractivity contribution in [3.05, 3.63) is 102 Å². The molecule has 0 radical (unpaired) electrons. The van der Waals surface area contributed by atoms with E-state index in [4.69, 9.17) is 14.0 Å². The zero-order valence-corrected chi connectivity index (χ0v) is 22.9. The van der Waals surface area contributed by atoms with Crippen LogP contribution in [-0.2, 0) is 20.6 Å². The Labute approximate surface area is 230 Å². The minimum absolute atomic E-state index is 0.489. The van der Waals surface area contributed by atoms with Gasteiger partial charge in [0.2, 0.25) is 0 Å². The third-order valence-electron chi connectivity index (χ3n) is 6.39. The van der Waals surface area contributed by atoms with Crippen LogP contribution in [-0.4, -0.2) is 25.5 Å². The lowest BCUT2D eigenvalue weighted by atomic mass is 9.78. The number of benzene rings is 4. The van der Waals surface area contributed by atoms with Gasteiger partial charge in [0.1, 0.15) is 0 Å². The van der Waals surface area contributed by atoms with Gasteiger partial charge < -0.3 is 19.0 Å². The molecule has 4 aromatic rings. The second-order valence-corrected chi connectivity index (χ2v) is 12.1. The second-order valence-electron chi connectivity index (χ2n) is 8.94. The summed E-state index contributed by atoms with van der Waals surface area (Å²) in [5.74, 6) is 0. The lowest BCUT2D eigenvalue weighted by Crippen LogP contribution is -2.34. The minimum atomic E-state index is -1.04. The first kappa shape index (κ1) is 25.2. The molecule has 0 aliphatic carbocycles. The Bertz CT molecular complexity index is 1420. The Kier molecular flexibility index (Phi) is 7.45. The molecule has 1 unspecified atom stereocenters. The maximum Gasteiger partial charge on any atom is 0.496 e.